The number of hydrogen-bond donors (Lipinski definition) is 0. The van der Waals surface area contributed by atoms with E-state index in [1.54, 1.807) is 0 Å². The molecule has 1 nitrogen and oxygen atoms in total. The Labute approximate surface area is 88.5 Å². The summed E-state index contributed by atoms with van der Waals surface area (Å²) in [4.78, 5) is 0. The van der Waals surface area contributed by atoms with E-state index in [-0.39, 0.29) is 0 Å². The fraction of sp³-hybridized carbons (Fsp3) is 1.00. The Morgan fingerprint density at radius 2 is 1.06 bits per heavy atom. The van der Waals surface area contributed by atoms with Gasteiger partial charge in [-0.2, -0.15) is 39.5 Å². The third-order valence-corrected chi connectivity index (χ3v) is 2.39. The summed E-state index contributed by atoms with van der Waals surface area (Å²) in [5, 5.41) is 0. The summed E-state index contributed by atoms with van der Waals surface area (Å²) in [6.07, 6.45) is -23.3. The minimum Gasteiger partial charge on any atom is -0.373 e. The zero-order valence-corrected chi connectivity index (χ0v) is 7.80. The van der Waals surface area contributed by atoms with E-state index in [9.17, 15) is 39.5 Å². The third-order valence-electron chi connectivity index (χ3n) is 2.39. The molecular formula is C7H5F9O. The van der Waals surface area contributed by atoms with E-state index in [1.807, 2.05) is 0 Å². The number of alkyl halides is 9. The van der Waals surface area contributed by atoms with Crippen LogP contribution in [0.3, 0.4) is 0 Å². The molecule has 102 valence electrons. The Bertz CT molecular complexity index is 245. The molecule has 0 spiro atoms. The van der Waals surface area contributed by atoms with Gasteiger partial charge in [-0.1, -0.05) is 0 Å². The van der Waals surface area contributed by atoms with E-state index in [1.165, 1.54) is 0 Å². The first kappa shape index (κ1) is 14.4. The molecule has 1 unspecified atom stereocenters. The van der Waals surface area contributed by atoms with Crippen molar-refractivity contribution in [2.24, 2.45) is 5.41 Å². The predicted octanol–water partition coefficient (Wildman–Crippen LogP) is 3.45. The maximum absolute atomic E-state index is 12.3. The van der Waals surface area contributed by atoms with Gasteiger partial charge < -0.3 is 4.74 Å². The van der Waals surface area contributed by atoms with Gasteiger partial charge in [-0.05, 0) is 0 Å². The van der Waals surface area contributed by atoms with Crippen LogP contribution in [-0.4, -0.2) is 31.2 Å². The maximum Gasteiger partial charge on any atom is 0.412 e. The normalized spacial score (nSPS) is 22.8. The van der Waals surface area contributed by atoms with Crippen LogP contribution in [0.2, 0.25) is 0 Å². The lowest BCUT2D eigenvalue weighted by Gasteiger charge is -2.38. The molecule has 0 bridgehead atoms. The predicted molar refractivity (Wildman–Crippen MR) is 35.0 cm³/mol. The number of epoxide rings is 1. The molecule has 0 radical (unpaired) electrons. The van der Waals surface area contributed by atoms with Crippen molar-refractivity contribution in [3.63, 3.8) is 0 Å². The summed E-state index contributed by atoms with van der Waals surface area (Å²) in [7, 11) is 0. The van der Waals surface area contributed by atoms with Crippen molar-refractivity contribution < 1.29 is 44.3 Å². The summed E-state index contributed by atoms with van der Waals surface area (Å²) >= 11 is 0. The Morgan fingerprint density at radius 3 is 1.24 bits per heavy atom. The SMILES string of the molecule is FC(F)(F)C(CC1CO1)(C(F)(F)F)C(F)(F)F. The smallest absolute Gasteiger partial charge is 0.373 e. The summed E-state index contributed by atoms with van der Waals surface area (Å²) in [5.41, 5.74) is -5.73. The van der Waals surface area contributed by atoms with Crippen molar-refractivity contribution in [3.8, 4) is 0 Å². The van der Waals surface area contributed by atoms with E-state index >= 15 is 0 Å². The average molecular weight is 276 g/mol. The van der Waals surface area contributed by atoms with Gasteiger partial charge in [0.15, 0.2) is 0 Å². The van der Waals surface area contributed by atoms with Crippen LogP contribution in [0.15, 0.2) is 0 Å². The highest BCUT2D eigenvalue weighted by Gasteiger charge is 2.83. The molecular weight excluding hydrogens is 271 g/mol. The Hall–Kier alpha value is -0.670. The third kappa shape index (κ3) is 2.31. The number of ether oxygens (including phenoxy) is 1. The number of hydrogen-bond acceptors (Lipinski definition) is 1. The van der Waals surface area contributed by atoms with Gasteiger partial charge in [-0.25, -0.2) is 0 Å². The van der Waals surface area contributed by atoms with Gasteiger partial charge in [0.05, 0.1) is 12.7 Å². The molecule has 1 heterocycles. The van der Waals surface area contributed by atoms with Crippen molar-refractivity contribution in [1.82, 2.24) is 0 Å². The molecule has 1 atom stereocenters. The number of rotatable bonds is 2. The molecule has 1 rings (SSSR count). The molecule has 0 N–H and O–H groups in total. The minimum atomic E-state index is -6.48. The topological polar surface area (TPSA) is 12.5 Å². The highest BCUT2D eigenvalue weighted by Crippen LogP contribution is 2.62. The Kier molecular flexibility index (Phi) is 3.10. The van der Waals surface area contributed by atoms with E-state index in [0.29, 0.717) is 0 Å². The van der Waals surface area contributed by atoms with Crippen molar-refractivity contribution in [1.29, 1.82) is 0 Å². The molecule has 1 aliphatic heterocycles. The lowest BCUT2D eigenvalue weighted by Crippen LogP contribution is -2.60. The molecule has 0 aromatic rings. The fourth-order valence-corrected chi connectivity index (χ4v) is 1.36. The summed E-state index contributed by atoms with van der Waals surface area (Å²) < 4.78 is 114. The maximum atomic E-state index is 12.3. The van der Waals surface area contributed by atoms with E-state index in [2.05, 4.69) is 4.74 Å². The van der Waals surface area contributed by atoms with Crippen LogP contribution < -0.4 is 0 Å². The quantitative estimate of drug-likeness (QED) is 0.556. The van der Waals surface area contributed by atoms with Crippen molar-refractivity contribution in [2.75, 3.05) is 6.61 Å². The summed E-state index contributed by atoms with van der Waals surface area (Å²) in [6, 6.07) is 0. The highest BCUT2D eigenvalue weighted by atomic mass is 19.4. The van der Waals surface area contributed by atoms with E-state index in [0.717, 1.165) is 0 Å². The van der Waals surface area contributed by atoms with Gasteiger partial charge in [0.25, 0.3) is 5.41 Å². The van der Waals surface area contributed by atoms with Crippen LogP contribution >= 0.6 is 0 Å². The fourth-order valence-electron chi connectivity index (χ4n) is 1.36. The largest absolute Gasteiger partial charge is 0.412 e. The monoisotopic (exact) mass is 276 g/mol. The second-order valence-corrected chi connectivity index (χ2v) is 3.56. The average Bonchev–Trinajstić information content (AvgIpc) is 2.74. The molecule has 0 aromatic heterocycles. The zero-order chi connectivity index (χ0) is 13.7. The van der Waals surface area contributed by atoms with Crippen LogP contribution in [0.4, 0.5) is 39.5 Å². The lowest BCUT2D eigenvalue weighted by atomic mass is 9.80. The first-order valence-electron chi connectivity index (χ1n) is 4.15. The zero-order valence-electron chi connectivity index (χ0n) is 7.80. The second kappa shape index (κ2) is 3.66. The molecule has 17 heavy (non-hydrogen) atoms. The van der Waals surface area contributed by atoms with Gasteiger partial charge in [-0.15, -0.1) is 0 Å². The minimum absolute atomic E-state index is 0.538. The van der Waals surface area contributed by atoms with Crippen molar-refractivity contribution >= 4 is 0 Å². The van der Waals surface area contributed by atoms with Crippen molar-refractivity contribution in [3.05, 3.63) is 0 Å². The highest BCUT2D eigenvalue weighted by molar-refractivity contribution is 5.02. The molecule has 0 aromatic carbocycles. The molecule has 0 amide bonds. The van der Waals surface area contributed by atoms with Gasteiger partial charge in [0, 0.05) is 6.42 Å². The van der Waals surface area contributed by atoms with Gasteiger partial charge in [-0.3, -0.25) is 0 Å². The Morgan fingerprint density at radius 1 is 0.765 bits per heavy atom. The van der Waals surface area contributed by atoms with Crippen LogP contribution in [0, 0.1) is 5.41 Å². The molecule has 1 saturated heterocycles. The number of halogens is 9. The van der Waals surface area contributed by atoms with Gasteiger partial charge >= 0.3 is 18.5 Å². The summed E-state index contributed by atoms with van der Waals surface area (Å²) in [6.45, 7) is -0.538. The van der Waals surface area contributed by atoms with Gasteiger partial charge in [0.1, 0.15) is 0 Å². The first-order valence-corrected chi connectivity index (χ1v) is 4.15. The van der Waals surface area contributed by atoms with Crippen LogP contribution in [0.1, 0.15) is 6.42 Å². The van der Waals surface area contributed by atoms with Crippen LogP contribution in [0.25, 0.3) is 0 Å². The van der Waals surface area contributed by atoms with E-state index in [4.69, 9.17) is 0 Å². The molecule has 1 aliphatic rings. The lowest BCUT2D eigenvalue weighted by molar-refractivity contribution is -0.429. The van der Waals surface area contributed by atoms with Crippen molar-refractivity contribution in [2.45, 2.75) is 31.1 Å². The van der Waals surface area contributed by atoms with Gasteiger partial charge in [0.2, 0.25) is 0 Å². The van der Waals surface area contributed by atoms with E-state index < -0.39 is 43.1 Å². The molecule has 0 aliphatic carbocycles. The molecule has 0 saturated carbocycles. The summed E-state index contributed by atoms with van der Waals surface area (Å²) in [5.74, 6) is 0. The second-order valence-electron chi connectivity index (χ2n) is 3.56. The standard InChI is InChI=1S/C7H5F9O/c8-5(9,10)4(6(11,12)13,7(14,15)16)1-3-2-17-3/h3H,1-2H2. The van der Waals surface area contributed by atoms with Crippen LogP contribution in [-0.2, 0) is 4.74 Å². The molecule has 1 fully saturated rings. The molecule has 10 heteroatoms. The van der Waals surface area contributed by atoms with Crippen LogP contribution in [0.5, 0.6) is 0 Å². The first-order chi connectivity index (χ1) is 7.33. The Balaban J connectivity index is 3.29.